The van der Waals surface area contributed by atoms with Crippen LogP contribution in [0, 0.1) is 6.92 Å². The average Bonchev–Trinajstić information content (AvgIpc) is 2.73. The van der Waals surface area contributed by atoms with E-state index >= 15 is 0 Å². The number of nitrogens with one attached hydrogen (secondary N) is 1. The summed E-state index contributed by atoms with van der Waals surface area (Å²) in [6, 6.07) is 3.20. The third-order valence-corrected chi connectivity index (χ3v) is 4.21. The van der Waals surface area contributed by atoms with E-state index in [9.17, 15) is 13.2 Å². The zero-order valence-corrected chi connectivity index (χ0v) is 13.5. The van der Waals surface area contributed by atoms with Crippen molar-refractivity contribution in [2.24, 2.45) is 0 Å². The van der Waals surface area contributed by atoms with E-state index in [4.69, 9.17) is 0 Å². The monoisotopic (exact) mass is 350 g/mol. The molecule has 0 aliphatic carbocycles. The highest BCUT2D eigenvalue weighted by molar-refractivity contribution is 7.12. The third-order valence-electron chi connectivity index (χ3n) is 3.11. The average molecular weight is 351 g/mol. The van der Waals surface area contributed by atoms with Gasteiger partial charge in [-0.1, -0.05) is 0 Å². The Kier molecular flexibility index (Phi) is 8.43. The van der Waals surface area contributed by atoms with Gasteiger partial charge in [-0.15, -0.1) is 36.2 Å². The van der Waals surface area contributed by atoms with Crippen LogP contribution in [0.3, 0.4) is 0 Å². The third kappa shape index (κ3) is 5.77. The van der Waals surface area contributed by atoms with Gasteiger partial charge in [0.25, 0.3) is 0 Å². The SMILES string of the molecule is Cc1ccc([C@H](CC(F)(F)F)N2CCNCC2)s1.Cl.Cl. The number of thiophene rings is 1. The van der Waals surface area contributed by atoms with Crippen molar-refractivity contribution >= 4 is 36.2 Å². The van der Waals surface area contributed by atoms with Crippen LogP contribution in [0.1, 0.15) is 22.2 Å². The van der Waals surface area contributed by atoms with Crippen molar-refractivity contribution in [1.82, 2.24) is 10.2 Å². The largest absolute Gasteiger partial charge is 0.390 e. The van der Waals surface area contributed by atoms with Gasteiger partial charge in [-0.2, -0.15) is 13.2 Å². The van der Waals surface area contributed by atoms with Crippen molar-refractivity contribution in [2.45, 2.75) is 25.6 Å². The summed E-state index contributed by atoms with van der Waals surface area (Å²) in [6.45, 7) is 4.81. The summed E-state index contributed by atoms with van der Waals surface area (Å²) in [7, 11) is 0. The molecule has 1 atom stereocenters. The number of hydrogen-bond acceptors (Lipinski definition) is 3. The van der Waals surface area contributed by atoms with Crippen molar-refractivity contribution in [3.63, 3.8) is 0 Å². The minimum Gasteiger partial charge on any atom is -0.314 e. The van der Waals surface area contributed by atoms with Gasteiger partial charge < -0.3 is 5.32 Å². The molecule has 8 heteroatoms. The van der Waals surface area contributed by atoms with Gasteiger partial charge in [-0.25, -0.2) is 0 Å². The number of rotatable bonds is 3. The van der Waals surface area contributed by atoms with Crippen LogP contribution < -0.4 is 5.32 Å². The van der Waals surface area contributed by atoms with E-state index in [1.165, 1.54) is 11.3 Å². The molecule has 1 saturated heterocycles. The van der Waals surface area contributed by atoms with Crippen molar-refractivity contribution in [1.29, 1.82) is 0 Å². The molecule has 20 heavy (non-hydrogen) atoms. The first-order valence-corrected chi connectivity index (χ1v) is 6.85. The molecule has 0 amide bonds. The number of alkyl halides is 3. The molecule has 0 aromatic carbocycles. The van der Waals surface area contributed by atoms with Gasteiger partial charge in [0.1, 0.15) is 0 Å². The highest BCUT2D eigenvalue weighted by Gasteiger charge is 2.36. The molecule has 0 spiro atoms. The first-order chi connectivity index (χ1) is 8.46. The topological polar surface area (TPSA) is 15.3 Å². The summed E-state index contributed by atoms with van der Waals surface area (Å²) in [5.74, 6) is 0. The fourth-order valence-corrected chi connectivity index (χ4v) is 3.27. The van der Waals surface area contributed by atoms with E-state index in [2.05, 4.69) is 5.32 Å². The second-order valence-electron chi connectivity index (χ2n) is 4.57. The molecule has 0 bridgehead atoms. The fraction of sp³-hybridized carbons (Fsp3) is 0.667. The molecule has 1 fully saturated rings. The summed E-state index contributed by atoms with van der Waals surface area (Å²) in [6.07, 6.45) is -4.87. The first-order valence-electron chi connectivity index (χ1n) is 6.03. The van der Waals surface area contributed by atoms with Crippen molar-refractivity contribution < 1.29 is 13.2 Å². The van der Waals surface area contributed by atoms with E-state index in [0.717, 1.165) is 22.8 Å². The van der Waals surface area contributed by atoms with Crippen LogP contribution in [0.4, 0.5) is 13.2 Å². The Morgan fingerprint density at radius 3 is 2.30 bits per heavy atom. The Labute approximate surface area is 133 Å². The van der Waals surface area contributed by atoms with Crippen LogP contribution in [0.2, 0.25) is 0 Å². The van der Waals surface area contributed by atoms with Gasteiger partial charge in [0.05, 0.1) is 12.5 Å². The normalized spacial score (nSPS) is 18.0. The van der Waals surface area contributed by atoms with Crippen LogP contribution in [-0.4, -0.2) is 37.3 Å². The van der Waals surface area contributed by atoms with Gasteiger partial charge in [0.15, 0.2) is 0 Å². The fourth-order valence-electron chi connectivity index (χ4n) is 2.26. The highest BCUT2D eigenvalue weighted by atomic mass is 35.5. The quantitative estimate of drug-likeness (QED) is 0.891. The standard InChI is InChI=1S/C12H17F3N2S.2ClH/c1-9-2-3-11(18-9)10(8-12(13,14)15)17-6-4-16-5-7-17;;/h2-3,10,16H,4-8H2,1H3;2*1H/t10-;;/m0../s1. The zero-order chi connectivity index (χ0) is 13.2. The van der Waals surface area contributed by atoms with Crippen molar-refractivity contribution in [3.8, 4) is 0 Å². The Morgan fingerprint density at radius 2 is 1.85 bits per heavy atom. The second kappa shape index (κ2) is 8.44. The van der Waals surface area contributed by atoms with E-state index in [1.807, 2.05) is 24.0 Å². The maximum absolute atomic E-state index is 12.7. The predicted octanol–water partition coefficient (Wildman–Crippen LogP) is 3.80. The molecule has 0 unspecified atom stereocenters. The van der Waals surface area contributed by atoms with Gasteiger partial charge >= 0.3 is 6.18 Å². The van der Waals surface area contributed by atoms with E-state index in [-0.39, 0.29) is 24.8 Å². The van der Waals surface area contributed by atoms with Gasteiger partial charge in [0, 0.05) is 35.9 Å². The van der Waals surface area contributed by atoms with E-state index in [0.29, 0.717) is 13.1 Å². The molecule has 2 nitrogen and oxygen atoms in total. The lowest BCUT2D eigenvalue weighted by atomic mass is 10.1. The molecular weight excluding hydrogens is 332 g/mol. The molecular formula is C12H19Cl2F3N2S. The molecule has 1 aromatic rings. The van der Waals surface area contributed by atoms with Gasteiger partial charge in [0.2, 0.25) is 0 Å². The molecule has 1 aromatic heterocycles. The zero-order valence-electron chi connectivity index (χ0n) is 11.1. The second-order valence-corrected chi connectivity index (χ2v) is 5.89. The highest BCUT2D eigenvalue weighted by Crippen LogP contribution is 2.36. The number of piperazine rings is 1. The first kappa shape index (κ1) is 20.0. The Morgan fingerprint density at radius 1 is 1.25 bits per heavy atom. The van der Waals surface area contributed by atoms with Crippen LogP contribution in [0.15, 0.2) is 12.1 Å². The summed E-state index contributed by atoms with van der Waals surface area (Å²) < 4.78 is 38.1. The maximum atomic E-state index is 12.7. The molecule has 1 N–H and O–H groups in total. The lowest BCUT2D eigenvalue weighted by Gasteiger charge is -2.34. The van der Waals surface area contributed by atoms with E-state index < -0.39 is 18.6 Å². The van der Waals surface area contributed by atoms with Crippen molar-refractivity contribution in [2.75, 3.05) is 26.2 Å². The Bertz CT molecular complexity index is 392. The van der Waals surface area contributed by atoms with Crippen LogP contribution in [0.5, 0.6) is 0 Å². The molecule has 0 radical (unpaired) electrons. The summed E-state index contributed by atoms with van der Waals surface area (Å²) in [4.78, 5) is 3.83. The minimum atomic E-state index is -4.12. The number of halogens is 5. The molecule has 2 heterocycles. The molecule has 0 saturated carbocycles. The summed E-state index contributed by atoms with van der Waals surface area (Å²) in [5, 5.41) is 3.17. The van der Waals surface area contributed by atoms with Crippen LogP contribution >= 0.6 is 36.2 Å². The van der Waals surface area contributed by atoms with Crippen molar-refractivity contribution in [3.05, 3.63) is 21.9 Å². The van der Waals surface area contributed by atoms with E-state index in [1.54, 1.807) is 0 Å². The molecule has 1 aliphatic rings. The van der Waals surface area contributed by atoms with Gasteiger partial charge in [-0.3, -0.25) is 4.90 Å². The minimum absolute atomic E-state index is 0. The Balaban J connectivity index is 0.00000180. The lowest BCUT2D eigenvalue weighted by Crippen LogP contribution is -2.45. The molecule has 2 rings (SSSR count). The van der Waals surface area contributed by atoms with Crippen LogP contribution in [0.25, 0.3) is 0 Å². The Hall–Kier alpha value is -0.0100. The number of hydrogen-bond donors (Lipinski definition) is 1. The number of nitrogens with zero attached hydrogens (tertiary/aromatic N) is 1. The predicted molar refractivity (Wildman–Crippen MR) is 81.4 cm³/mol. The number of aryl methyl sites for hydroxylation is 1. The van der Waals surface area contributed by atoms with Crippen LogP contribution in [-0.2, 0) is 0 Å². The summed E-state index contributed by atoms with van der Waals surface area (Å²) in [5.41, 5.74) is 0. The smallest absolute Gasteiger partial charge is 0.314 e. The van der Waals surface area contributed by atoms with Gasteiger partial charge in [-0.05, 0) is 19.1 Å². The maximum Gasteiger partial charge on any atom is 0.390 e. The molecule has 1 aliphatic heterocycles. The lowest BCUT2D eigenvalue weighted by molar-refractivity contribution is -0.148. The summed E-state index contributed by atoms with van der Waals surface area (Å²) >= 11 is 1.47. The molecule has 118 valence electrons.